The number of nitrogens with zero attached hydrogens (tertiary/aromatic N) is 5. The Morgan fingerprint density at radius 2 is 1.94 bits per heavy atom. The molecule has 1 amide bonds. The maximum absolute atomic E-state index is 13.0. The van der Waals surface area contributed by atoms with Gasteiger partial charge < -0.3 is 20.3 Å². The monoisotopic (exact) mass is 445 g/mol. The number of aromatic nitrogens is 4. The molecule has 33 heavy (non-hydrogen) atoms. The molecule has 5 rings (SSSR count). The average molecular weight is 446 g/mol. The van der Waals surface area contributed by atoms with Gasteiger partial charge in [-0.2, -0.15) is 4.98 Å². The molecule has 1 saturated heterocycles. The van der Waals surface area contributed by atoms with Crippen LogP contribution < -0.4 is 20.3 Å². The number of benzene rings is 1. The van der Waals surface area contributed by atoms with E-state index in [2.05, 4.69) is 36.6 Å². The second-order valence-corrected chi connectivity index (χ2v) is 8.60. The van der Waals surface area contributed by atoms with E-state index >= 15 is 0 Å². The highest BCUT2D eigenvalue weighted by Crippen LogP contribution is 2.45. The zero-order valence-electron chi connectivity index (χ0n) is 18.8. The van der Waals surface area contributed by atoms with Crippen molar-refractivity contribution in [3.63, 3.8) is 0 Å². The molecule has 2 aliphatic rings. The molecule has 2 aromatic heterocycles. The van der Waals surface area contributed by atoms with Crippen LogP contribution in [0.3, 0.4) is 0 Å². The van der Waals surface area contributed by atoms with E-state index in [-0.39, 0.29) is 12.5 Å². The summed E-state index contributed by atoms with van der Waals surface area (Å²) in [5, 5.41) is 6.22. The van der Waals surface area contributed by atoms with Crippen molar-refractivity contribution in [3.8, 4) is 5.75 Å². The normalized spacial score (nSPS) is 18.5. The smallest absolute Gasteiger partial charge is 0.256 e. The molecule has 0 spiro atoms. The zero-order chi connectivity index (χ0) is 22.8. The number of fused-ring (bicyclic) bond motifs is 1. The van der Waals surface area contributed by atoms with Crippen LogP contribution in [0.15, 0.2) is 42.9 Å². The minimum atomic E-state index is -0.272. The minimum Gasteiger partial charge on any atom is -0.496 e. The van der Waals surface area contributed by atoms with Gasteiger partial charge in [0.1, 0.15) is 23.0 Å². The van der Waals surface area contributed by atoms with Gasteiger partial charge in [-0.15, -0.1) is 0 Å². The standard InChI is InChI=1S/C24H27N7O2/c1-15-8-16(4-5-20(15)33-2)10-27-22-19(23(32)28-12-21-25-6-3-7-26-21)11-29-24(30-22)31-13-17-9-18(17)14-31/h3-8,11,17-18H,9-10,12-14H2,1-2H3,(H,28,32)(H,27,29,30). The Morgan fingerprint density at radius 1 is 1.15 bits per heavy atom. The van der Waals surface area contributed by atoms with Crippen LogP contribution in [-0.2, 0) is 13.1 Å². The summed E-state index contributed by atoms with van der Waals surface area (Å²) < 4.78 is 5.35. The van der Waals surface area contributed by atoms with Crippen LogP contribution in [0.1, 0.15) is 33.7 Å². The zero-order valence-corrected chi connectivity index (χ0v) is 18.8. The Bertz CT molecular complexity index is 1140. The van der Waals surface area contributed by atoms with Crippen molar-refractivity contribution in [2.75, 3.05) is 30.4 Å². The second-order valence-electron chi connectivity index (χ2n) is 8.60. The van der Waals surface area contributed by atoms with Crippen molar-refractivity contribution < 1.29 is 9.53 Å². The van der Waals surface area contributed by atoms with Gasteiger partial charge in [0.05, 0.1) is 13.7 Å². The highest BCUT2D eigenvalue weighted by molar-refractivity contribution is 5.98. The third-order valence-corrected chi connectivity index (χ3v) is 6.23. The molecule has 1 aliphatic carbocycles. The largest absolute Gasteiger partial charge is 0.496 e. The number of carbonyl (C=O) groups is 1. The molecule has 2 fully saturated rings. The van der Waals surface area contributed by atoms with E-state index in [0.717, 1.165) is 41.8 Å². The summed E-state index contributed by atoms with van der Waals surface area (Å²) in [5.41, 5.74) is 2.52. The van der Waals surface area contributed by atoms with Crippen LogP contribution in [0, 0.1) is 18.8 Å². The summed E-state index contributed by atoms with van der Waals surface area (Å²) >= 11 is 0. The fraction of sp³-hybridized carbons (Fsp3) is 0.375. The lowest BCUT2D eigenvalue weighted by Crippen LogP contribution is -2.28. The van der Waals surface area contributed by atoms with Crippen molar-refractivity contribution in [2.24, 2.45) is 11.8 Å². The van der Waals surface area contributed by atoms with Crippen molar-refractivity contribution >= 4 is 17.7 Å². The van der Waals surface area contributed by atoms with Crippen molar-refractivity contribution in [2.45, 2.75) is 26.4 Å². The molecule has 1 aliphatic heterocycles. The number of piperidine rings is 1. The summed E-state index contributed by atoms with van der Waals surface area (Å²) in [4.78, 5) is 32.7. The first-order valence-electron chi connectivity index (χ1n) is 11.1. The van der Waals surface area contributed by atoms with E-state index in [9.17, 15) is 4.79 Å². The van der Waals surface area contributed by atoms with Gasteiger partial charge in [-0.05, 0) is 48.4 Å². The number of carbonyl (C=O) groups excluding carboxylic acids is 1. The molecule has 3 aromatic rings. The molecule has 0 radical (unpaired) electrons. The van der Waals surface area contributed by atoms with E-state index in [1.807, 2.05) is 19.1 Å². The maximum Gasteiger partial charge on any atom is 0.256 e. The highest BCUT2D eigenvalue weighted by atomic mass is 16.5. The molecular weight excluding hydrogens is 418 g/mol. The highest BCUT2D eigenvalue weighted by Gasteiger charge is 2.45. The summed E-state index contributed by atoms with van der Waals surface area (Å²) in [7, 11) is 1.66. The lowest BCUT2D eigenvalue weighted by molar-refractivity contribution is 0.0950. The first-order valence-corrected chi connectivity index (χ1v) is 11.1. The fourth-order valence-electron chi connectivity index (χ4n) is 4.30. The Labute approximate surface area is 192 Å². The minimum absolute atomic E-state index is 0.230. The number of ether oxygens (including phenoxy) is 1. The molecule has 2 unspecified atom stereocenters. The molecule has 2 atom stereocenters. The molecular formula is C24H27N7O2. The number of hydrogen-bond acceptors (Lipinski definition) is 8. The van der Waals surface area contributed by atoms with Gasteiger partial charge in [0.15, 0.2) is 0 Å². The van der Waals surface area contributed by atoms with Crippen LogP contribution in [0.25, 0.3) is 0 Å². The van der Waals surface area contributed by atoms with Crippen LogP contribution in [0.5, 0.6) is 5.75 Å². The number of hydrogen-bond donors (Lipinski definition) is 2. The van der Waals surface area contributed by atoms with Gasteiger partial charge in [0, 0.05) is 38.2 Å². The lowest BCUT2D eigenvalue weighted by atomic mass is 10.1. The molecule has 1 aromatic carbocycles. The first-order chi connectivity index (χ1) is 16.1. The predicted octanol–water partition coefficient (Wildman–Crippen LogP) is 2.58. The molecule has 2 N–H and O–H groups in total. The Kier molecular flexibility index (Phi) is 5.77. The van der Waals surface area contributed by atoms with Crippen molar-refractivity contribution in [1.82, 2.24) is 25.3 Å². The number of rotatable bonds is 8. The first kappa shape index (κ1) is 21.1. The van der Waals surface area contributed by atoms with Crippen LogP contribution in [-0.4, -0.2) is 46.0 Å². The van der Waals surface area contributed by atoms with Crippen LogP contribution >= 0.6 is 0 Å². The Morgan fingerprint density at radius 3 is 2.67 bits per heavy atom. The number of methoxy groups -OCH3 is 1. The van der Waals surface area contributed by atoms with Crippen LogP contribution in [0.2, 0.25) is 0 Å². The maximum atomic E-state index is 13.0. The van der Waals surface area contributed by atoms with Crippen molar-refractivity contribution in [1.29, 1.82) is 0 Å². The number of nitrogens with one attached hydrogen (secondary N) is 2. The average Bonchev–Trinajstić information content (AvgIpc) is 3.46. The van der Waals surface area contributed by atoms with E-state index < -0.39 is 0 Å². The molecule has 3 heterocycles. The van der Waals surface area contributed by atoms with E-state index in [1.165, 1.54) is 6.42 Å². The van der Waals surface area contributed by atoms with E-state index in [4.69, 9.17) is 9.72 Å². The third-order valence-electron chi connectivity index (χ3n) is 6.23. The van der Waals surface area contributed by atoms with Gasteiger partial charge in [-0.1, -0.05) is 12.1 Å². The van der Waals surface area contributed by atoms with Crippen LogP contribution in [0.4, 0.5) is 11.8 Å². The second kappa shape index (κ2) is 9.01. The number of aryl methyl sites for hydroxylation is 1. The molecule has 9 nitrogen and oxygen atoms in total. The predicted molar refractivity (Wildman–Crippen MR) is 124 cm³/mol. The number of anilines is 2. The molecule has 9 heteroatoms. The van der Waals surface area contributed by atoms with E-state index in [1.54, 1.807) is 31.8 Å². The van der Waals surface area contributed by atoms with E-state index in [0.29, 0.717) is 29.7 Å². The summed E-state index contributed by atoms with van der Waals surface area (Å²) in [6, 6.07) is 7.75. The topological polar surface area (TPSA) is 105 Å². The van der Waals surface area contributed by atoms with Crippen molar-refractivity contribution in [3.05, 3.63) is 65.4 Å². The number of amides is 1. The SMILES string of the molecule is COc1ccc(CNc2nc(N3CC4CC4C3)ncc2C(=O)NCc2ncccn2)cc1C. The van der Waals surface area contributed by atoms with Gasteiger partial charge >= 0.3 is 0 Å². The molecule has 1 saturated carbocycles. The third kappa shape index (κ3) is 4.72. The van der Waals surface area contributed by atoms with Gasteiger partial charge in [0.25, 0.3) is 5.91 Å². The van der Waals surface area contributed by atoms with Gasteiger partial charge in [-0.25, -0.2) is 15.0 Å². The lowest BCUT2D eigenvalue weighted by Gasteiger charge is -2.20. The summed E-state index contributed by atoms with van der Waals surface area (Å²) in [5.74, 6) is 3.83. The van der Waals surface area contributed by atoms with Gasteiger partial charge in [0.2, 0.25) is 5.95 Å². The summed E-state index contributed by atoms with van der Waals surface area (Å²) in [6.45, 7) is 4.73. The molecule has 0 bridgehead atoms. The Hall–Kier alpha value is -3.75. The summed E-state index contributed by atoms with van der Waals surface area (Å²) in [6.07, 6.45) is 6.21. The van der Waals surface area contributed by atoms with Gasteiger partial charge in [-0.3, -0.25) is 4.79 Å². The Balaban J connectivity index is 1.35. The fourth-order valence-corrected chi connectivity index (χ4v) is 4.30. The molecule has 170 valence electrons. The quantitative estimate of drug-likeness (QED) is 0.545.